The molecular weight excluding hydrogens is 368 g/mol. The molecule has 0 aliphatic heterocycles. The fraction of sp³-hybridized carbons (Fsp3) is 0.261. The van der Waals surface area contributed by atoms with Crippen LogP contribution in [-0.4, -0.2) is 37.5 Å². The molecule has 6 nitrogen and oxygen atoms in total. The molecule has 0 aliphatic rings. The number of ether oxygens (including phenoxy) is 1. The van der Waals surface area contributed by atoms with E-state index >= 15 is 0 Å². The standard InChI is InChI=1S/C23H26N2O4/c1-2-29-23(28)20(15-19-11-7-4-8-12-19)16-24-22(27)17-25-21(26)14-13-18-9-5-3-6-10-18/h3-14,20H,2,15-17H2,1H3,(H,24,27)(H,25,26)/b14-13+. The quantitative estimate of drug-likeness (QED) is 0.479. The van der Waals surface area contributed by atoms with E-state index in [-0.39, 0.29) is 37.5 Å². The number of carbonyl (C=O) groups excluding carboxylic acids is 3. The first kappa shape index (κ1) is 21.9. The van der Waals surface area contributed by atoms with Crippen LogP contribution in [0.3, 0.4) is 0 Å². The zero-order chi connectivity index (χ0) is 20.9. The fourth-order valence-corrected chi connectivity index (χ4v) is 2.66. The summed E-state index contributed by atoms with van der Waals surface area (Å²) in [6.07, 6.45) is 3.51. The maximum Gasteiger partial charge on any atom is 0.311 e. The minimum absolute atomic E-state index is 0.141. The van der Waals surface area contributed by atoms with Crippen molar-refractivity contribution in [1.29, 1.82) is 0 Å². The van der Waals surface area contributed by atoms with Crippen LogP contribution in [-0.2, 0) is 25.5 Å². The molecule has 29 heavy (non-hydrogen) atoms. The SMILES string of the molecule is CCOC(=O)C(CNC(=O)CNC(=O)/C=C/c1ccccc1)Cc1ccccc1. The summed E-state index contributed by atoms with van der Waals surface area (Å²) < 4.78 is 5.11. The Morgan fingerprint density at radius 1 is 0.966 bits per heavy atom. The van der Waals surface area contributed by atoms with Gasteiger partial charge in [-0.1, -0.05) is 60.7 Å². The lowest BCUT2D eigenvalue weighted by Crippen LogP contribution is -2.40. The second-order valence-corrected chi connectivity index (χ2v) is 6.40. The lowest BCUT2D eigenvalue weighted by Gasteiger charge is -2.16. The molecule has 0 saturated carbocycles. The molecule has 0 spiro atoms. The second kappa shape index (κ2) is 12.1. The number of carbonyl (C=O) groups is 3. The Hall–Kier alpha value is -3.41. The van der Waals surface area contributed by atoms with E-state index in [1.54, 1.807) is 13.0 Å². The van der Waals surface area contributed by atoms with Crippen LogP contribution in [0.15, 0.2) is 66.7 Å². The predicted molar refractivity (Wildman–Crippen MR) is 112 cm³/mol. The molecule has 2 amide bonds. The first-order valence-corrected chi connectivity index (χ1v) is 9.56. The normalized spacial score (nSPS) is 11.6. The largest absolute Gasteiger partial charge is 0.466 e. The summed E-state index contributed by atoms with van der Waals surface area (Å²) >= 11 is 0. The monoisotopic (exact) mass is 394 g/mol. The van der Waals surface area contributed by atoms with Gasteiger partial charge in [0.1, 0.15) is 0 Å². The highest BCUT2D eigenvalue weighted by atomic mass is 16.5. The molecule has 1 unspecified atom stereocenters. The molecule has 1 atom stereocenters. The van der Waals surface area contributed by atoms with Gasteiger partial charge in [0.25, 0.3) is 0 Å². The molecular formula is C23H26N2O4. The van der Waals surface area contributed by atoms with Gasteiger partial charge < -0.3 is 15.4 Å². The van der Waals surface area contributed by atoms with Gasteiger partial charge in [-0.2, -0.15) is 0 Å². The minimum Gasteiger partial charge on any atom is -0.466 e. The van der Waals surface area contributed by atoms with E-state index in [0.29, 0.717) is 6.42 Å². The lowest BCUT2D eigenvalue weighted by molar-refractivity contribution is -0.148. The van der Waals surface area contributed by atoms with E-state index < -0.39 is 5.92 Å². The van der Waals surface area contributed by atoms with Gasteiger partial charge in [-0.25, -0.2) is 0 Å². The Bertz CT molecular complexity index is 819. The van der Waals surface area contributed by atoms with E-state index in [4.69, 9.17) is 4.74 Å². The smallest absolute Gasteiger partial charge is 0.311 e. The zero-order valence-corrected chi connectivity index (χ0v) is 16.5. The third-order valence-electron chi connectivity index (χ3n) is 4.14. The highest BCUT2D eigenvalue weighted by molar-refractivity contribution is 5.94. The summed E-state index contributed by atoms with van der Waals surface area (Å²) in [7, 11) is 0. The second-order valence-electron chi connectivity index (χ2n) is 6.40. The summed E-state index contributed by atoms with van der Waals surface area (Å²) in [6.45, 7) is 2.00. The molecule has 0 saturated heterocycles. The molecule has 152 valence electrons. The van der Waals surface area contributed by atoms with Crippen LogP contribution in [0, 0.1) is 5.92 Å². The van der Waals surface area contributed by atoms with Crippen molar-refractivity contribution in [2.45, 2.75) is 13.3 Å². The Balaban J connectivity index is 1.80. The van der Waals surface area contributed by atoms with Gasteiger partial charge in [-0.05, 0) is 30.5 Å². The maximum atomic E-state index is 12.2. The Morgan fingerprint density at radius 3 is 2.28 bits per heavy atom. The number of rotatable bonds is 10. The third-order valence-corrected chi connectivity index (χ3v) is 4.14. The number of hydrogen-bond donors (Lipinski definition) is 2. The van der Waals surface area contributed by atoms with Crippen LogP contribution in [0.1, 0.15) is 18.1 Å². The van der Waals surface area contributed by atoms with Crippen LogP contribution in [0.4, 0.5) is 0 Å². The zero-order valence-electron chi connectivity index (χ0n) is 16.5. The number of nitrogens with one attached hydrogen (secondary N) is 2. The van der Waals surface area contributed by atoms with Crippen molar-refractivity contribution < 1.29 is 19.1 Å². The Labute approximate surface area is 171 Å². The third kappa shape index (κ3) is 8.43. The molecule has 2 N–H and O–H groups in total. The average Bonchev–Trinajstić information content (AvgIpc) is 2.75. The van der Waals surface area contributed by atoms with Crippen molar-refractivity contribution in [3.8, 4) is 0 Å². The lowest BCUT2D eigenvalue weighted by atomic mass is 9.99. The average molecular weight is 394 g/mol. The number of benzene rings is 2. The Kier molecular flexibility index (Phi) is 9.15. The predicted octanol–water partition coefficient (Wildman–Crippen LogP) is 2.35. The van der Waals surface area contributed by atoms with Gasteiger partial charge in [0, 0.05) is 12.6 Å². The number of hydrogen-bond acceptors (Lipinski definition) is 4. The molecule has 0 heterocycles. The van der Waals surface area contributed by atoms with Crippen LogP contribution in [0.25, 0.3) is 6.08 Å². The molecule has 2 aromatic rings. The molecule has 2 aromatic carbocycles. The van der Waals surface area contributed by atoms with E-state index in [1.165, 1.54) is 6.08 Å². The summed E-state index contributed by atoms with van der Waals surface area (Å²) in [5, 5.41) is 5.22. The molecule has 2 rings (SSSR count). The first-order valence-electron chi connectivity index (χ1n) is 9.56. The van der Waals surface area contributed by atoms with Gasteiger partial charge in [0.05, 0.1) is 19.1 Å². The fourth-order valence-electron chi connectivity index (χ4n) is 2.66. The van der Waals surface area contributed by atoms with Gasteiger partial charge in [0.15, 0.2) is 0 Å². The van der Waals surface area contributed by atoms with E-state index in [2.05, 4.69) is 10.6 Å². The summed E-state index contributed by atoms with van der Waals surface area (Å²) in [5.41, 5.74) is 1.88. The van der Waals surface area contributed by atoms with Crippen molar-refractivity contribution >= 4 is 23.9 Å². The molecule has 6 heteroatoms. The van der Waals surface area contributed by atoms with E-state index in [1.807, 2.05) is 60.7 Å². The summed E-state index contributed by atoms with van der Waals surface area (Å²) in [5.74, 6) is -1.58. The van der Waals surface area contributed by atoms with Crippen LogP contribution in [0.2, 0.25) is 0 Å². The highest BCUT2D eigenvalue weighted by Crippen LogP contribution is 2.10. The highest BCUT2D eigenvalue weighted by Gasteiger charge is 2.21. The van der Waals surface area contributed by atoms with Crippen LogP contribution >= 0.6 is 0 Å². The summed E-state index contributed by atoms with van der Waals surface area (Å²) in [4.78, 5) is 36.1. The van der Waals surface area contributed by atoms with Crippen molar-refractivity contribution in [1.82, 2.24) is 10.6 Å². The molecule has 0 aliphatic carbocycles. The molecule has 0 aromatic heterocycles. The van der Waals surface area contributed by atoms with E-state index in [0.717, 1.165) is 11.1 Å². The maximum absolute atomic E-state index is 12.2. The van der Waals surface area contributed by atoms with Gasteiger partial charge in [-0.15, -0.1) is 0 Å². The molecule has 0 bridgehead atoms. The van der Waals surface area contributed by atoms with Crippen LogP contribution < -0.4 is 10.6 Å². The Morgan fingerprint density at radius 2 is 1.62 bits per heavy atom. The first-order chi connectivity index (χ1) is 14.1. The number of esters is 1. The topological polar surface area (TPSA) is 84.5 Å². The van der Waals surface area contributed by atoms with Crippen molar-refractivity contribution in [2.75, 3.05) is 19.7 Å². The number of amides is 2. The van der Waals surface area contributed by atoms with Crippen molar-refractivity contribution in [3.05, 3.63) is 77.9 Å². The van der Waals surface area contributed by atoms with Gasteiger partial charge >= 0.3 is 5.97 Å². The van der Waals surface area contributed by atoms with Crippen molar-refractivity contribution in [3.63, 3.8) is 0 Å². The molecule has 0 fully saturated rings. The van der Waals surface area contributed by atoms with Gasteiger partial charge in [-0.3, -0.25) is 14.4 Å². The summed E-state index contributed by atoms with van der Waals surface area (Å²) in [6, 6.07) is 18.9. The van der Waals surface area contributed by atoms with Gasteiger partial charge in [0.2, 0.25) is 11.8 Å². The minimum atomic E-state index is -0.491. The van der Waals surface area contributed by atoms with E-state index in [9.17, 15) is 14.4 Å². The van der Waals surface area contributed by atoms with Crippen LogP contribution in [0.5, 0.6) is 0 Å². The molecule has 0 radical (unpaired) electrons. The van der Waals surface area contributed by atoms with Crippen molar-refractivity contribution in [2.24, 2.45) is 5.92 Å².